The average Bonchev–Trinajstić information content (AvgIpc) is 3.36. The molecule has 3 rings (SSSR count). The van der Waals surface area contributed by atoms with Gasteiger partial charge in [-0.15, -0.1) is 0 Å². The van der Waals surface area contributed by atoms with Crippen LogP contribution in [-0.2, 0) is 16.6 Å². The summed E-state index contributed by atoms with van der Waals surface area (Å²) in [6, 6.07) is 13.4. The van der Waals surface area contributed by atoms with Crippen molar-refractivity contribution in [3.05, 3.63) is 72.8 Å². The maximum absolute atomic E-state index is 13.1. The molecule has 0 aliphatic heterocycles. The molecule has 3 aromatic rings. The van der Waals surface area contributed by atoms with Gasteiger partial charge in [-0.1, -0.05) is 44.9 Å². The second-order valence-electron chi connectivity index (χ2n) is 8.19. The first-order valence-electron chi connectivity index (χ1n) is 11.6. The number of hydrogen-bond donors (Lipinski definition) is 3. The Morgan fingerprint density at radius 1 is 1.06 bits per heavy atom. The molecule has 0 fully saturated rings. The second kappa shape index (κ2) is 12.2. The average molecular weight is 484 g/mol. The molecule has 182 valence electrons. The lowest BCUT2D eigenvalue weighted by molar-refractivity contribution is 0.0952. The van der Waals surface area contributed by atoms with E-state index >= 15 is 0 Å². The lowest BCUT2D eigenvalue weighted by Crippen LogP contribution is -2.26. The molecule has 1 heterocycles. The van der Waals surface area contributed by atoms with Crippen LogP contribution in [0.25, 0.3) is 0 Å². The number of carbonyl (C=O) groups excluding carboxylic acids is 1. The van der Waals surface area contributed by atoms with E-state index in [2.05, 4.69) is 34.2 Å². The highest BCUT2D eigenvalue weighted by Crippen LogP contribution is 2.23. The van der Waals surface area contributed by atoms with Crippen LogP contribution in [0.4, 0.5) is 11.4 Å². The lowest BCUT2D eigenvalue weighted by atomic mass is 10.0. The van der Waals surface area contributed by atoms with Gasteiger partial charge in [0.15, 0.2) is 0 Å². The normalized spacial score (nSPS) is 11.4. The molecule has 0 aliphatic carbocycles. The van der Waals surface area contributed by atoms with Crippen molar-refractivity contribution in [3.63, 3.8) is 0 Å². The summed E-state index contributed by atoms with van der Waals surface area (Å²) < 4.78 is 30.7. The zero-order valence-electron chi connectivity index (χ0n) is 19.7. The van der Waals surface area contributed by atoms with Gasteiger partial charge in [0.1, 0.15) is 0 Å². The molecule has 0 saturated carbocycles. The van der Waals surface area contributed by atoms with E-state index in [-0.39, 0.29) is 10.8 Å². The molecule has 3 N–H and O–H groups in total. The molecule has 9 heteroatoms. The fourth-order valence-electron chi connectivity index (χ4n) is 3.53. The van der Waals surface area contributed by atoms with Crippen molar-refractivity contribution < 1.29 is 13.2 Å². The molecule has 0 atom stereocenters. The van der Waals surface area contributed by atoms with Crippen LogP contribution in [0.2, 0.25) is 0 Å². The molecule has 0 unspecified atom stereocenters. The Hall–Kier alpha value is -3.33. The highest BCUT2D eigenvalue weighted by Gasteiger charge is 2.19. The maximum atomic E-state index is 13.1. The smallest absolute Gasteiger partial charge is 0.261 e. The summed E-state index contributed by atoms with van der Waals surface area (Å²) in [7, 11) is -3.88. The standard InChI is InChI=1S/C25H33N5O3S/c1-3-20(4-2)18-28-23-15-21(25(31)27-11-8-13-30-14-12-26-19-30)16-24(17-23)34(32,33)29-22-9-6-5-7-10-22/h5-7,9-10,12,14-17,19-20,28-29H,3-4,8,11,13,18H2,1-2H3,(H,27,31). The molecular formula is C25H33N5O3S. The van der Waals surface area contributed by atoms with Crippen LogP contribution in [-0.4, -0.2) is 37.0 Å². The fraction of sp³-hybridized carbons (Fsp3) is 0.360. The van der Waals surface area contributed by atoms with Crippen molar-refractivity contribution in [1.82, 2.24) is 14.9 Å². The first-order valence-corrected chi connectivity index (χ1v) is 13.1. The molecule has 0 aliphatic rings. The lowest BCUT2D eigenvalue weighted by Gasteiger charge is -2.17. The summed E-state index contributed by atoms with van der Waals surface area (Å²) in [4.78, 5) is 16.9. The largest absolute Gasteiger partial charge is 0.385 e. The van der Waals surface area contributed by atoms with Gasteiger partial charge in [0.05, 0.1) is 11.2 Å². The summed E-state index contributed by atoms with van der Waals surface area (Å²) in [6.07, 6.45) is 8.07. The number of nitrogens with zero attached hydrogens (tertiary/aromatic N) is 2. The number of aromatic nitrogens is 2. The zero-order valence-corrected chi connectivity index (χ0v) is 20.5. The number of benzene rings is 2. The quantitative estimate of drug-likeness (QED) is 0.314. The van der Waals surface area contributed by atoms with Gasteiger partial charge >= 0.3 is 0 Å². The molecule has 0 spiro atoms. The Bertz CT molecular complexity index is 1140. The van der Waals surface area contributed by atoms with E-state index < -0.39 is 10.0 Å². The summed E-state index contributed by atoms with van der Waals surface area (Å²) in [5.41, 5.74) is 1.36. The first kappa shape index (κ1) is 25.3. The van der Waals surface area contributed by atoms with E-state index in [0.717, 1.165) is 25.8 Å². The van der Waals surface area contributed by atoms with Crippen molar-refractivity contribution in [1.29, 1.82) is 0 Å². The van der Waals surface area contributed by atoms with E-state index in [1.807, 2.05) is 16.8 Å². The number of amides is 1. The minimum Gasteiger partial charge on any atom is -0.385 e. The second-order valence-corrected chi connectivity index (χ2v) is 9.87. The van der Waals surface area contributed by atoms with Crippen molar-refractivity contribution >= 4 is 27.3 Å². The molecule has 1 aromatic heterocycles. The number of hydrogen-bond acceptors (Lipinski definition) is 5. The Kier molecular flexibility index (Phi) is 9.09. The molecule has 0 radical (unpaired) electrons. The van der Waals surface area contributed by atoms with Gasteiger partial charge in [0, 0.05) is 49.0 Å². The predicted molar refractivity (Wildman–Crippen MR) is 135 cm³/mol. The van der Waals surface area contributed by atoms with E-state index in [9.17, 15) is 13.2 Å². The van der Waals surface area contributed by atoms with E-state index in [1.165, 1.54) is 6.07 Å². The molecule has 1 amide bonds. The van der Waals surface area contributed by atoms with Crippen LogP contribution in [0.3, 0.4) is 0 Å². The summed E-state index contributed by atoms with van der Waals surface area (Å²) >= 11 is 0. The minimum atomic E-state index is -3.88. The molecule has 2 aromatic carbocycles. The monoisotopic (exact) mass is 483 g/mol. The van der Waals surface area contributed by atoms with E-state index in [1.54, 1.807) is 48.9 Å². The van der Waals surface area contributed by atoms with Gasteiger partial charge in [-0.25, -0.2) is 13.4 Å². The SMILES string of the molecule is CCC(CC)CNc1cc(C(=O)NCCCn2ccnc2)cc(S(=O)(=O)Nc2ccccc2)c1. The predicted octanol–water partition coefficient (Wildman–Crippen LogP) is 4.35. The first-order chi connectivity index (χ1) is 16.4. The number of nitrogens with one attached hydrogen (secondary N) is 3. The highest BCUT2D eigenvalue weighted by atomic mass is 32.2. The van der Waals surface area contributed by atoms with Crippen molar-refractivity contribution in [2.24, 2.45) is 5.92 Å². The van der Waals surface area contributed by atoms with Crippen LogP contribution in [0.1, 0.15) is 43.5 Å². The minimum absolute atomic E-state index is 0.0365. The van der Waals surface area contributed by atoms with Crippen molar-refractivity contribution in [2.45, 2.75) is 44.6 Å². The van der Waals surface area contributed by atoms with Crippen LogP contribution in [0.5, 0.6) is 0 Å². The molecule has 0 bridgehead atoms. The highest BCUT2D eigenvalue weighted by molar-refractivity contribution is 7.92. The summed E-state index contributed by atoms with van der Waals surface area (Å²) in [6.45, 7) is 6.16. The fourth-order valence-corrected chi connectivity index (χ4v) is 4.66. The van der Waals surface area contributed by atoms with E-state index in [0.29, 0.717) is 35.9 Å². The zero-order chi connectivity index (χ0) is 24.4. The number of imidazole rings is 1. The Labute approximate surface area is 201 Å². The van der Waals surface area contributed by atoms with Gasteiger partial charge < -0.3 is 15.2 Å². The molecule has 8 nitrogen and oxygen atoms in total. The van der Waals surface area contributed by atoms with Gasteiger partial charge in [-0.3, -0.25) is 9.52 Å². The third kappa shape index (κ3) is 7.34. The molecule has 0 saturated heterocycles. The maximum Gasteiger partial charge on any atom is 0.261 e. The van der Waals surface area contributed by atoms with Crippen LogP contribution in [0, 0.1) is 5.92 Å². The van der Waals surface area contributed by atoms with Gasteiger partial charge in [0.2, 0.25) is 0 Å². The summed E-state index contributed by atoms with van der Waals surface area (Å²) in [5.74, 6) is 0.149. The van der Waals surface area contributed by atoms with Crippen molar-refractivity contribution in [3.8, 4) is 0 Å². The molecular weight excluding hydrogens is 450 g/mol. The van der Waals surface area contributed by atoms with Gasteiger partial charge in [-0.05, 0) is 42.7 Å². The van der Waals surface area contributed by atoms with Crippen molar-refractivity contribution in [2.75, 3.05) is 23.1 Å². The number of aryl methyl sites for hydroxylation is 1. The Morgan fingerprint density at radius 2 is 1.82 bits per heavy atom. The Balaban J connectivity index is 1.77. The van der Waals surface area contributed by atoms with E-state index in [4.69, 9.17) is 0 Å². The number of rotatable bonds is 13. The number of carbonyl (C=O) groups is 1. The third-order valence-electron chi connectivity index (χ3n) is 5.69. The third-order valence-corrected chi connectivity index (χ3v) is 7.05. The van der Waals surface area contributed by atoms with Crippen LogP contribution in [0.15, 0.2) is 72.1 Å². The topological polar surface area (TPSA) is 105 Å². The van der Waals surface area contributed by atoms with Gasteiger partial charge in [0.25, 0.3) is 15.9 Å². The van der Waals surface area contributed by atoms with Crippen LogP contribution < -0.4 is 15.4 Å². The molecule has 34 heavy (non-hydrogen) atoms. The summed E-state index contributed by atoms with van der Waals surface area (Å²) in [5, 5.41) is 6.21. The number of para-hydroxylation sites is 1. The Morgan fingerprint density at radius 3 is 2.50 bits per heavy atom. The van der Waals surface area contributed by atoms with Gasteiger partial charge in [-0.2, -0.15) is 0 Å². The number of anilines is 2. The number of sulfonamides is 1. The van der Waals surface area contributed by atoms with Crippen LogP contribution >= 0.6 is 0 Å².